The van der Waals surface area contributed by atoms with Crippen LogP contribution in [0.5, 0.6) is 0 Å². The van der Waals surface area contributed by atoms with Crippen molar-refractivity contribution in [2.24, 2.45) is 7.05 Å². The van der Waals surface area contributed by atoms with Crippen LogP contribution in [0, 0.1) is 0 Å². The highest BCUT2D eigenvalue weighted by Gasteiger charge is 2.21. The van der Waals surface area contributed by atoms with Crippen LogP contribution in [-0.4, -0.2) is 39.0 Å². The van der Waals surface area contributed by atoms with Gasteiger partial charge in [-0.2, -0.15) is 0 Å². The summed E-state index contributed by atoms with van der Waals surface area (Å²) < 4.78 is 6.84. The van der Waals surface area contributed by atoms with Crippen LogP contribution >= 0.6 is 46.3 Å². The Kier molecular flexibility index (Phi) is 7.18. The summed E-state index contributed by atoms with van der Waals surface area (Å²) in [5, 5.41) is 12.0. The number of nitrogens with one attached hydrogen (secondary N) is 1. The lowest BCUT2D eigenvalue weighted by Gasteiger charge is -2.06. The lowest BCUT2D eigenvalue weighted by atomic mass is 10.2. The van der Waals surface area contributed by atoms with Crippen molar-refractivity contribution in [1.82, 2.24) is 14.8 Å². The first-order valence-electron chi connectivity index (χ1n) is 8.42. The van der Waals surface area contributed by atoms with Crippen molar-refractivity contribution in [1.29, 1.82) is 0 Å². The van der Waals surface area contributed by atoms with Gasteiger partial charge in [0, 0.05) is 22.5 Å². The first kappa shape index (κ1) is 21.6. The van der Waals surface area contributed by atoms with Crippen LogP contribution in [0.1, 0.15) is 16.6 Å². The molecule has 3 aromatic rings. The lowest BCUT2D eigenvalue weighted by Crippen LogP contribution is -2.16. The van der Waals surface area contributed by atoms with Crippen LogP contribution in [-0.2, 0) is 16.6 Å². The molecule has 0 aliphatic heterocycles. The number of aromatic nitrogens is 3. The van der Waals surface area contributed by atoms with Gasteiger partial charge in [-0.1, -0.05) is 41.0 Å². The van der Waals surface area contributed by atoms with Crippen LogP contribution in [0.25, 0.3) is 10.4 Å². The monoisotopic (exact) mass is 470 g/mol. The number of aryl methyl sites for hydroxylation is 1. The number of esters is 1. The van der Waals surface area contributed by atoms with E-state index in [-0.39, 0.29) is 18.3 Å². The molecular formula is C18H16Cl2N4O3S2. The first-order chi connectivity index (χ1) is 13.9. The number of hydrogen-bond donors (Lipinski definition) is 1. The summed E-state index contributed by atoms with van der Waals surface area (Å²) in [6, 6.07) is 6.80. The third-order valence-corrected chi connectivity index (χ3v) is 6.40. The third-order valence-electron chi connectivity index (χ3n) is 3.67. The van der Waals surface area contributed by atoms with Crippen molar-refractivity contribution in [3.63, 3.8) is 0 Å². The molecule has 3 rings (SSSR count). The number of hydrogen-bond acceptors (Lipinski definition) is 7. The summed E-state index contributed by atoms with van der Waals surface area (Å²) in [5.74, 6) is -0.679. The summed E-state index contributed by atoms with van der Waals surface area (Å²) >= 11 is 14.7. The van der Waals surface area contributed by atoms with E-state index in [1.54, 1.807) is 49.1 Å². The quantitative estimate of drug-likeness (QED) is 0.395. The topological polar surface area (TPSA) is 86.1 Å². The standard InChI is InChI=1S/C18H16Cl2N4O3S2/c1-3-27-17(26)16-13(22-15(25)8-28-18-23-21-9-24(18)2)7-14(29-16)11-5-4-10(19)6-12(11)20/h4-7,9H,3,8H2,1-2H3,(H,22,25). The predicted molar refractivity (Wildman–Crippen MR) is 116 cm³/mol. The van der Waals surface area contributed by atoms with Crippen LogP contribution in [0.15, 0.2) is 35.7 Å². The maximum atomic E-state index is 12.4. The molecule has 0 atom stereocenters. The average molecular weight is 471 g/mol. The van der Waals surface area contributed by atoms with Crippen LogP contribution < -0.4 is 5.32 Å². The van der Waals surface area contributed by atoms with Crippen molar-refractivity contribution in [3.8, 4) is 10.4 Å². The maximum absolute atomic E-state index is 12.4. The number of thiophene rings is 1. The Morgan fingerprint density at radius 2 is 2.10 bits per heavy atom. The Morgan fingerprint density at radius 3 is 2.76 bits per heavy atom. The molecule has 0 bridgehead atoms. The molecule has 2 heterocycles. The fourth-order valence-electron chi connectivity index (χ4n) is 2.37. The molecule has 1 N–H and O–H groups in total. The van der Waals surface area contributed by atoms with Crippen LogP contribution in [0.3, 0.4) is 0 Å². The van der Waals surface area contributed by atoms with E-state index in [1.807, 2.05) is 0 Å². The summed E-state index contributed by atoms with van der Waals surface area (Å²) in [7, 11) is 1.79. The molecule has 0 aliphatic carbocycles. The highest BCUT2D eigenvalue weighted by Crippen LogP contribution is 2.39. The molecule has 0 spiro atoms. The SMILES string of the molecule is CCOC(=O)c1sc(-c2ccc(Cl)cc2Cl)cc1NC(=O)CSc1nncn1C. The third kappa shape index (κ3) is 5.30. The zero-order chi connectivity index (χ0) is 21.0. The second kappa shape index (κ2) is 9.62. The second-order valence-electron chi connectivity index (χ2n) is 5.76. The number of thioether (sulfide) groups is 1. The molecule has 1 aromatic carbocycles. The minimum Gasteiger partial charge on any atom is -0.462 e. The Balaban J connectivity index is 1.83. The molecule has 11 heteroatoms. The Labute approximate surface area is 185 Å². The number of anilines is 1. The minimum atomic E-state index is -0.509. The summed E-state index contributed by atoms with van der Waals surface area (Å²) in [6.07, 6.45) is 1.56. The largest absolute Gasteiger partial charge is 0.462 e. The molecule has 1 amide bonds. The van der Waals surface area contributed by atoms with Gasteiger partial charge >= 0.3 is 5.97 Å². The van der Waals surface area contributed by atoms with Gasteiger partial charge in [-0.3, -0.25) is 4.79 Å². The molecule has 152 valence electrons. The Hall–Kier alpha value is -2.07. The molecule has 7 nitrogen and oxygen atoms in total. The second-order valence-corrected chi connectivity index (χ2v) is 8.60. The maximum Gasteiger partial charge on any atom is 0.350 e. The Morgan fingerprint density at radius 1 is 1.31 bits per heavy atom. The van der Waals surface area contributed by atoms with Gasteiger partial charge in [-0.05, 0) is 25.1 Å². The summed E-state index contributed by atoms with van der Waals surface area (Å²) in [4.78, 5) is 25.8. The van der Waals surface area contributed by atoms with E-state index >= 15 is 0 Å². The molecular weight excluding hydrogens is 455 g/mol. The minimum absolute atomic E-state index is 0.113. The number of nitrogens with zero attached hydrogens (tertiary/aromatic N) is 3. The molecule has 2 aromatic heterocycles. The van der Waals surface area contributed by atoms with E-state index in [2.05, 4.69) is 15.5 Å². The van der Waals surface area contributed by atoms with Gasteiger partial charge in [0.2, 0.25) is 5.91 Å². The zero-order valence-electron chi connectivity index (χ0n) is 15.4. The highest BCUT2D eigenvalue weighted by atomic mass is 35.5. The number of ether oxygens (including phenoxy) is 1. The van der Waals surface area contributed by atoms with Gasteiger partial charge in [0.25, 0.3) is 0 Å². The van der Waals surface area contributed by atoms with E-state index in [0.29, 0.717) is 36.2 Å². The first-order valence-corrected chi connectivity index (χ1v) is 11.0. The van der Waals surface area contributed by atoms with E-state index in [1.165, 1.54) is 23.1 Å². The van der Waals surface area contributed by atoms with E-state index in [4.69, 9.17) is 27.9 Å². The van der Waals surface area contributed by atoms with E-state index in [9.17, 15) is 9.59 Å². The van der Waals surface area contributed by atoms with Crippen molar-refractivity contribution < 1.29 is 14.3 Å². The molecule has 0 radical (unpaired) electrons. The number of rotatable bonds is 7. The Bertz CT molecular complexity index is 1050. The van der Waals surface area contributed by atoms with Gasteiger partial charge in [0.15, 0.2) is 5.16 Å². The van der Waals surface area contributed by atoms with Gasteiger partial charge in [0.05, 0.1) is 23.1 Å². The average Bonchev–Trinajstić information content (AvgIpc) is 3.26. The molecule has 0 fully saturated rings. The smallest absolute Gasteiger partial charge is 0.350 e. The van der Waals surface area contributed by atoms with Crippen molar-refractivity contribution in [2.45, 2.75) is 12.1 Å². The molecule has 0 saturated heterocycles. The fraction of sp³-hybridized carbons (Fsp3) is 0.222. The molecule has 0 unspecified atom stereocenters. The predicted octanol–water partition coefficient (Wildman–Crippen LogP) is 4.76. The van der Waals surface area contributed by atoms with Gasteiger partial charge in [-0.15, -0.1) is 21.5 Å². The molecule has 0 aliphatic rings. The number of carbonyl (C=O) groups excluding carboxylic acids is 2. The van der Waals surface area contributed by atoms with Crippen molar-refractivity contribution in [2.75, 3.05) is 17.7 Å². The lowest BCUT2D eigenvalue weighted by molar-refractivity contribution is -0.113. The normalized spacial score (nSPS) is 10.8. The van der Waals surface area contributed by atoms with Crippen molar-refractivity contribution in [3.05, 3.63) is 45.5 Å². The van der Waals surface area contributed by atoms with E-state index in [0.717, 1.165) is 0 Å². The summed E-state index contributed by atoms with van der Waals surface area (Å²) in [5.41, 5.74) is 1.08. The van der Waals surface area contributed by atoms with Crippen LogP contribution in [0.4, 0.5) is 5.69 Å². The number of benzene rings is 1. The zero-order valence-corrected chi connectivity index (χ0v) is 18.6. The molecule has 29 heavy (non-hydrogen) atoms. The van der Waals surface area contributed by atoms with Gasteiger partial charge in [0.1, 0.15) is 11.2 Å². The number of halogens is 2. The van der Waals surface area contributed by atoms with Gasteiger partial charge < -0.3 is 14.6 Å². The number of amides is 1. The summed E-state index contributed by atoms with van der Waals surface area (Å²) in [6.45, 7) is 1.95. The molecule has 0 saturated carbocycles. The van der Waals surface area contributed by atoms with Crippen LogP contribution in [0.2, 0.25) is 10.0 Å². The van der Waals surface area contributed by atoms with Crippen molar-refractivity contribution >= 4 is 63.9 Å². The highest BCUT2D eigenvalue weighted by molar-refractivity contribution is 7.99. The van der Waals surface area contributed by atoms with Gasteiger partial charge in [-0.25, -0.2) is 4.79 Å². The number of carbonyl (C=O) groups is 2. The van der Waals surface area contributed by atoms with E-state index < -0.39 is 5.97 Å². The fourth-order valence-corrected chi connectivity index (χ4v) is 4.68.